The second kappa shape index (κ2) is 3.96. The maximum Gasteiger partial charge on any atom is 0.194 e. The standard InChI is InChI=1S/C13H25N5/c1-11(2)7-9(8-12(3,4)18-11)13(15)5-6-16-10(14)17-13/h5-6,9,18H,7-8,15H2,1-4H3,(H3,14,16,17). The van der Waals surface area contributed by atoms with Crippen LogP contribution in [0.2, 0.25) is 0 Å². The van der Waals surface area contributed by atoms with Gasteiger partial charge in [0.15, 0.2) is 5.96 Å². The van der Waals surface area contributed by atoms with E-state index in [2.05, 4.69) is 43.3 Å². The number of guanidine groups is 1. The third-order valence-corrected chi connectivity index (χ3v) is 3.74. The van der Waals surface area contributed by atoms with Gasteiger partial charge in [0, 0.05) is 23.2 Å². The summed E-state index contributed by atoms with van der Waals surface area (Å²) in [6.07, 6.45) is 5.68. The molecule has 0 saturated carbocycles. The molecule has 5 heteroatoms. The van der Waals surface area contributed by atoms with Crippen molar-refractivity contribution in [1.29, 1.82) is 0 Å². The number of nitrogens with two attached hydrogens (primary N) is 2. The van der Waals surface area contributed by atoms with E-state index in [0.29, 0.717) is 5.96 Å². The molecule has 2 aliphatic rings. The molecule has 0 aromatic rings. The Morgan fingerprint density at radius 1 is 1.22 bits per heavy atom. The van der Waals surface area contributed by atoms with E-state index in [4.69, 9.17) is 11.5 Å². The topological polar surface area (TPSA) is 88.5 Å². The van der Waals surface area contributed by atoms with Gasteiger partial charge in [0.2, 0.25) is 0 Å². The minimum absolute atomic E-state index is 0.0573. The maximum absolute atomic E-state index is 6.44. The number of nitrogens with zero attached hydrogens (tertiary/aromatic N) is 1. The summed E-state index contributed by atoms with van der Waals surface area (Å²) >= 11 is 0. The van der Waals surface area contributed by atoms with Crippen LogP contribution in [0.1, 0.15) is 40.5 Å². The monoisotopic (exact) mass is 251 g/mol. The molecule has 0 aromatic carbocycles. The highest BCUT2D eigenvalue weighted by atomic mass is 15.2. The van der Waals surface area contributed by atoms with E-state index >= 15 is 0 Å². The molecule has 0 aromatic heterocycles. The lowest BCUT2D eigenvalue weighted by Crippen LogP contribution is -2.63. The van der Waals surface area contributed by atoms with Gasteiger partial charge < -0.3 is 22.1 Å². The zero-order valence-corrected chi connectivity index (χ0v) is 11.7. The molecular formula is C13H25N5. The van der Waals surface area contributed by atoms with E-state index in [1.165, 1.54) is 0 Å². The van der Waals surface area contributed by atoms with E-state index in [0.717, 1.165) is 12.8 Å². The molecule has 0 spiro atoms. The molecule has 1 unspecified atom stereocenters. The van der Waals surface area contributed by atoms with Gasteiger partial charge in [-0.25, -0.2) is 4.99 Å². The second-order valence-corrected chi connectivity index (χ2v) is 6.86. The molecule has 1 saturated heterocycles. The smallest absolute Gasteiger partial charge is 0.194 e. The summed E-state index contributed by atoms with van der Waals surface area (Å²) in [5.74, 6) is 0.676. The first-order valence-corrected chi connectivity index (χ1v) is 6.50. The van der Waals surface area contributed by atoms with Crippen molar-refractivity contribution < 1.29 is 0 Å². The lowest BCUT2D eigenvalue weighted by molar-refractivity contribution is 0.0951. The Kier molecular flexibility index (Phi) is 2.94. The molecule has 0 aliphatic carbocycles. The minimum atomic E-state index is -0.689. The SMILES string of the molecule is CC1(C)CC(C2(N)C=CNC(N)=N2)CC(C)(C)N1. The van der Waals surface area contributed by atoms with E-state index in [1.54, 1.807) is 6.20 Å². The van der Waals surface area contributed by atoms with Crippen LogP contribution in [0.4, 0.5) is 0 Å². The third kappa shape index (κ3) is 2.67. The van der Waals surface area contributed by atoms with Crippen LogP contribution in [-0.4, -0.2) is 22.7 Å². The molecular weight excluding hydrogens is 226 g/mol. The summed E-state index contributed by atoms with van der Waals surface area (Å²) in [6, 6.07) is 0. The molecule has 18 heavy (non-hydrogen) atoms. The molecule has 0 bridgehead atoms. The van der Waals surface area contributed by atoms with Crippen LogP contribution in [-0.2, 0) is 0 Å². The molecule has 0 radical (unpaired) electrons. The highest BCUT2D eigenvalue weighted by molar-refractivity contribution is 5.80. The number of aliphatic imine (C=N–C) groups is 1. The molecule has 1 fully saturated rings. The summed E-state index contributed by atoms with van der Waals surface area (Å²) in [4.78, 5) is 4.42. The average molecular weight is 251 g/mol. The van der Waals surface area contributed by atoms with Crippen molar-refractivity contribution in [1.82, 2.24) is 10.6 Å². The van der Waals surface area contributed by atoms with Crippen molar-refractivity contribution in [2.75, 3.05) is 0 Å². The van der Waals surface area contributed by atoms with Gasteiger partial charge in [0.25, 0.3) is 0 Å². The predicted octanol–water partition coefficient (Wildman–Crippen LogP) is 0.630. The Hall–Kier alpha value is -1.07. The van der Waals surface area contributed by atoms with Crippen LogP contribution in [0.3, 0.4) is 0 Å². The Balaban J connectivity index is 2.27. The zero-order chi connectivity index (χ0) is 13.6. The van der Waals surface area contributed by atoms with Gasteiger partial charge in [0.05, 0.1) is 0 Å². The lowest BCUT2D eigenvalue weighted by Gasteiger charge is -2.50. The van der Waals surface area contributed by atoms with Crippen molar-refractivity contribution in [2.45, 2.75) is 57.3 Å². The average Bonchev–Trinajstić information content (AvgIpc) is 2.11. The van der Waals surface area contributed by atoms with Gasteiger partial charge in [-0.15, -0.1) is 0 Å². The first-order chi connectivity index (χ1) is 8.12. The normalized spacial score (nSPS) is 34.8. The van der Waals surface area contributed by atoms with Gasteiger partial charge in [0.1, 0.15) is 5.66 Å². The third-order valence-electron chi connectivity index (χ3n) is 3.74. The van der Waals surface area contributed by atoms with Crippen LogP contribution in [0.15, 0.2) is 17.3 Å². The number of rotatable bonds is 1. The fraction of sp³-hybridized carbons (Fsp3) is 0.769. The van der Waals surface area contributed by atoms with Crippen LogP contribution < -0.4 is 22.1 Å². The quantitative estimate of drug-likeness (QED) is 0.550. The summed E-state index contributed by atoms with van der Waals surface area (Å²) in [5, 5.41) is 6.52. The van der Waals surface area contributed by atoms with E-state index in [1.807, 2.05) is 6.08 Å². The largest absolute Gasteiger partial charge is 0.370 e. The highest BCUT2D eigenvalue weighted by Crippen LogP contribution is 2.39. The Morgan fingerprint density at radius 2 is 1.78 bits per heavy atom. The zero-order valence-electron chi connectivity index (χ0n) is 11.7. The predicted molar refractivity (Wildman–Crippen MR) is 74.8 cm³/mol. The van der Waals surface area contributed by atoms with E-state index < -0.39 is 5.66 Å². The fourth-order valence-corrected chi connectivity index (χ4v) is 3.42. The first kappa shape index (κ1) is 13.4. The van der Waals surface area contributed by atoms with Crippen molar-refractivity contribution >= 4 is 5.96 Å². The number of piperidine rings is 1. The van der Waals surface area contributed by atoms with Crippen LogP contribution in [0.5, 0.6) is 0 Å². The Morgan fingerprint density at radius 3 is 2.28 bits per heavy atom. The number of hydrogen-bond donors (Lipinski definition) is 4. The van der Waals surface area contributed by atoms with Gasteiger partial charge in [-0.1, -0.05) is 0 Å². The van der Waals surface area contributed by atoms with Gasteiger partial charge in [-0.3, -0.25) is 0 Å². The summed E-state index contributed by atoms with van der Waals surface area (Å²) < 4.78 is 0. The molecule has 6 N–H and O–H groups in total. The van der Waals surface area contributed by atoms with Crippen LogP contribution in [0.25, 0.3) is 0 Å². The molecule has 1 atom stereocenters. The number of nitrogens with one attached hydrogen (secondary N) is 2. The molecule has 102 valence electrons. The van der Waals surface area contributed by atoms with Crippen LogP contribution >= 0.6 is 0 Å². The summed E-state index contributed by atoms with van der Waals surface area (Å²) in [5.41, 5.74) is 11.6. The maximum atomic E-state index is 6.44. The van der Waals surface area contributed by atoms with Crippen molar-refractivity contribution in [3.8, 4) is 0 Å². The molecule has 2 aliphatic heterocycles. The van der Waals surface area contributed by atoms with Gasteiger partial charge >= 0.3 is 0 Å². The molecule has 2 rings (SSSR count). The fourth-order valence-electron chi connectivity index (χ4n) is 3.42. The molecule has 0 amide bonds. The lowest BCUT2D eigenvalue weighted by atomic mass is 9.70. The summed E-state index contributed by atoms with van der Waals surface area (Å²) in [7, 11) is 0. The van der Waals surface area contributed by atoms with E-state index in [-0.39, 0.29) is 17.0 Å². The Labute approximate surface area is 109 Å². The van der Waals surface area contributed by atoms with Gasteiger partial charge in [-0.05, 0) is 46.6 Å². The number of hydrogen-bond acceptors (Lipinski definition) is 5. The second-order valence-electron chi connectivity index (χ2n) is 6.86. The highest BCUT2D eigenvalue weighted by Gasteiger charge is 2.45. The molecule has 5 nitrogen and oxygen atoms in total. The van der Waals surface area contributed by atoms with Crippen molar-refractivity contribution in [3.63, 3.8) is 0 Å². The summed E-state index contributed by atoms with van der Waals surface area (Å²) in [6.45, 7) is 8.84. The molecule has 2 heterocycles. The Bertz CT molecular complexity index is 380. The van der Waals surface area contributed by atoms with Crippen LogP contribution in [0, 0.1) is 5.92 Å². The van der Waals surface area contributed by atoms with Crippen molar-refractivity contribution in [3.05, 3.63) is 12.3 Å². The van der Waals surface area contributed by atoms with E-state index in [9.17, 15) is 0 Å². The minimum Gasteiger partial charge on any atom is -0.370 e. The van der Waals surface area contributed by atoms with Crippen molar-refractivity contribution in [2.24, 2.45) is 22.4 Å². The first-order valence-electron chi connectivity index (χ1n) is 6.50. The van der Waals surface area contributed by atoms with Gasteiger partial charge in [-0.2, -0.15) is 0 Å².